The van der Waals surface area contributed by atoms with Crippen LogP contribution in [0.1, 0.15) is 17.3 Å². The van der Waals surface area contributed by atoms with Crippen LogP contribution in [-0.4, -0.2) is 25.5 Å². The molecule has 132 valence electrons. The molecule has 0 aromatic heterocycles. The minimum atomic E-state index is -1.20. The first kappa shape index (κ1) is 18.7. The largest absolute Gasteiger partial charge is 0.493 e. The van der Waals surface area contributed by atoms with Gasteiger partial charge in [0.15, 0.2) is 11.5 Å². The Kier molecular flexibility index (Phi) is 5.93. The summed E-state index contributed by atoms with van der Waals surface area (Å²) in [6.45, 7) is 1.48. The fraction of sp³-hybridized carbons (Fsp3) is 0.176. The quantitative estimate of drug-likeness (QED) is 0.434. The van der Waals surface area contributed by atoms with Gasteiger partial charge in [0.25, 0.3) is 5.78 Å². The van der Waals surface area contributed by atoms with Gasteiger partial charge in [-0.3, -0.25) is 4.79 Å². The van der Waals surface area contributed by atoms with Crippen molar-refractivity contribution in [2.45, 2.75) is 6.92 Å². The zero-order chi connectivity index (χ0) is 18.6. The van der Waals surface area contributed by atoms with Crippen LogP contribution in [0.3, 0.4) is 0 Å². The van der Waals surface area contributed by atoms with Crippen LogP contribution in [0.2, 0.25) is 5.02 Å². The van der Waals surface area contributed by atoms with Gasteiger partial charge in [0.2, 0.25) is 0 Å². The van der Waals surface area contributed by atoms with Gasteiger partial charge in [-0.25, -0.2) is 13.6 Å². The van der Waals surface area contributed by atoms with E-state index in [-0.39, 0.29) is 28.9 Å². The molecule has 0 atom stereocenters. The van der Waals surface area contributed by atoms with E-state index in [4.69, 9.17) is 21.1 Å². The number of ether oxygens (including phenoxy) is 3. The fourth-order valence-corrected chi connectivity index (χ4v) is 2.12. The lowest BCUT2D eigenvalue weighted by Gasteiger charge is -2.13. The molecule has 5 nitrogen and oxygen atoms in total. The van der Waals surface area contributed by atoms with E-state index in [1.165, 1.54) is 20.1 Å². The van der Waals surface area contributed by atoms with Crippen molar-refractivity contribution in [3.05, 3.63) is 52.6 Å². The Morgan fingerprint density at radius 1 is 1.08 bits per heavy atom. The van der Waals surface area contributed by atoms with Crippen molar-refractivity contribution in [1.82, 2.24) is 0 Å². The number of halogens is 3. The van der Waals surface area contributed by atoms with Crippen molar-refractivity contribution in [1.29, 1.82) is 0 Å². The number of benzene rings is 2. The van der Waals surface area contributed by atoms with E-state index >= 15 is 0 Å². The highest BCUT2D eigenvalue weighted by Crippen LogP contribution is 2.36. The zero-order valence-corrected chi connectivity index (χ0v) is 14.0. The van der Waals surface area contributed by atoms with Crippen LogP contribution < -0.4 is 9.47 Å². The van der Waals surface area contributed by atoms with Gasteiger partial charge in [-0.1, -0.05) is 11.6 Å². The van der Waals surface area contributed by atoms with E-state index in [9.17, 15) is 18.4 Å². The third-order valence-electron chi connectivity index (χ3n) is 3.07. The maximum absolute atomic E-state index is 14.0. The van der Waals surface area contributed by atoms with E-state index in [0.717, 1.165) is 24.3 Å². The zero-order valence-electron chi connectivity index (χ0n) is 13.3. The fourth-order valence-electron chi connectivity index (χ4n) is 1.93. The summed E-state index contributed by atoms with van der Waals surface area (Å²) >= 11 is 5.92. The number of methoxy groups -OCH3 is 1. The topological polar surface area (TPSA) is 61.8 Å². The standard InChI is InChI=1S/C17H13ClF2O5/c1-3-24-17(22)16(21)10-7-14(11(18)8-12(10)20)25-13-5-4-9(19)6-15(13)23-2/h4-8H,3H2,1-2H3. The van der Waals surface area contributed by atoms with E-state index in [1.807, 2.05) is 0 Å². The van der Waals surface area contributed by atoms with Gasteiger partial charge in [0.1, 0.15) is 17.4 Å². The molecule has 0 heterocycles. The molecule has 0 aliphatic carbocycles. The van der Waals surface area contributed by atoms with Crippen molar-refractivity contribution in [3.8, 4) is 17.2 Å². The van der Waals surface area contributed by atoms with Crippen molar-refractivity contribution < 1.29 is 32.6 Å². The van der Waals surface area contributed by atoms with Crippen LogP contribution in [0, 0.1) is 11.6 Å². The maximum Gasteiger partial charge on any atom is 0.379 e. The van der Waals surface area contributed by atoms with Gasteiger partial charge in [-0.2, -0.15) is 0 Å². The molecule has 8 heteroatoms. The summed E-state index contributed by atoms with van der Waals surface area (Å²) < 4.78 is 42.2. The first-order valence-corrected chi connectivity index (χ1v) is 7.47. The number of rotatable bonds is 6. The molecule has 0 saturated carbocycles. The summed E-state index contributed by atoms with van der Waals surface area (Å²) in [5.41, 5.74) is -0.557. The average molecular weight is 371 g/mol. The molecule has 0 fully saturated rings. The molecule has 0 saturated heterocycles. The molecule has 0 bridgehead atoms. The van der Waals surface area contributed by atoms with Gasteiger partial charge >= 0.3 is 5.97 Å². The maximum atomic E-state index is 14.0. The first-order chi connectivity index (χ1) is 11.9. The van der Waals surface area contributed by atoms with Crippen LogP contribution >= 0.6 is 11.6 Å². The summed E-state index contributed by atoms with van der Waals surface area (Å²) in [6, 6.07) is 5.29. The van der Waals surface area contributed by atoms with Gasteiger partial charge < -0.3 is 14.2 Å². The van der Waals surface area contributed by atoms with E-state index in [0.29, 0.717) is 0 Å². The van der Waals surface area contributed by atoms with Gasteiger partial charge in [0.05, 0.1) is 24.3 Å². The number of Topliss-reactive ketones (excluding diaryl/α,β-unsaturated/α-hetero) is 1. The Morgan fingerprint density at radius 2 is 1.80 bits per heavy atom. The second-order valence-corrected chi connectivity index (χ2v) is 5.12. The molecule has 0 amide bonds. The number of esters is 1. The minimum absolute atomic E-state index is 0.0318. The van der Waals surface area contributed by atoms with Gasteiger partial charge in [0, 0.05) is 6.07 Å². The highest BCUT2D eigenvalue weighted by Gasteiger charge is 2.24. The van der Waals surface area contributed by atoms with Crippen molar-refractivity contribution in [2.75, 3.05) is 13.7 Å². The van der Waals surface area contributed by atoms with Crippen LogP contribution in [-0.2, 0) is 9.53 Å². The molecule has 25 heavy (non-hydrogen) atoms. The highest BCUT2D eigenvalue weighted by molar-refractivity contribution is 6.41. The van der Waals surface area contributed by atoms with Crippen LogP contribution in [0.25, 0.3) is 0 Å². The lowest BCUT2D eigenvalue weighted by atomic mass is 10.1. The predicted octanol–water partition coefficient (Wildman–Crippen LogP) is 4.16. The van der Waals surface area contributed by atoms with Crippen molar-refractivity contribution in [3.63, 3.8) is 0 Å². The summed E-state index contributed by atoms with van der Waals surface area (Å²) in [4.78, 5) is 23.5. The van der Waals surface area contributed by atoms with Crippen LogP contribution in [0.15, 0.2) is 30.3 Å². The molecular formula is C17H13ClF2O5. The molecule has 0 radical (unpaired) electrons. The van der Waals surface area contributed by atoms with Gasteiger partial charge in [-0.15, -0.1) is 0 Å². The lowest BCUT2D eigenvalue weighted by Crippen LogP contribution is -2.18. The minimum Gasteiger partial charge on any atom is -0.493 e. The third kappa shape index (κ3) is 4.24. The molecule has 2 aromatic carbocycles. The van der Waals surface area contributed by atoms with E-state index in [1.54, 1.807) is 0 Å². The van der Waals surface area contributed by atoms with E-state index < -0.39 is 29.0 Å². The summed E-state index contributed by atoms with van der Waals surface area (Å²) in [5.74, 6) is -3.87. The monoisotopic (exact) mass is 370 g/mol. The Balaban J connectivity index is 2.41. The summed E-state index contributed by atoms with van der Waals surface area (Å²) in [7, 11) is 1.31. The van der Waals surface area contributed by atoms with Crippen molar-refractivity contribution >= 4 is 23.4 Å². The Morgan fingerprint density at radius 3 is 2.44 bits per heavy atom. The number of carbonyl (C=O) groups is 2. The molecule has 0 N–H and O–H groups in total. The predicted molar refractivity (Wildman–Crippen MR) is 85.4 cm³/mol. The second kappa shape index (κ2) is 7.94. The number of hydrogen-bond acceptors (Lipinski definition) is 5. The van der Waals surface area contributed by atoms with Gasteiger partial charge in [-0.05, 0) is 31.2 Å². The van der Waals surface area contributed by atoms with Crippen LogP contribution in [0.5, 0.6) is 17.2 Å². The molecule has 0 aliphatic rings. The number of ketones is 1. The Bertz CT molecular complexity index is 823. The van der Waals surface area contributed by atoms with Crippen molar-refractivity contribution in [2.24, 2.45) is 0 Å². The number of carbonyl (C=O) groups excluding carboxylic acids is 2. The molecule has 0 aliphatic heterocycles. The smallest absolute Gasteiger partial charge is 0.379 e. The van der Waals surface area contributed by atoms with E-state index in [2.05, 4.69) is 4.74 Å². The average Bonchev–Trinajstić information content (AvgIpc) is 2.58. The molecule has 0 spiro atoms. The number of hydrogen-bond donors (Lipinski definition) is 0. The normalized spacial score (nSPS) is 10.3. The summed E-state index contributed by atoms with van der Waals surface area (Å²) in [6.07, 6.45) is 0. The summed E-state index contributed by atoms with van der Waals surface area (Å²) in [5, 5.41) is -0.149. The molecule has 2 aromatic rings. The SMILES string of the molecule is CCOC(=O)C(=O)c1cc(Oc2ccc(F)cc2OC)c(Cl)cc1F. The molecule has 2 rings (SSSR count). The first-order valence-electron chi connectivity index (χ1n) is 7.09. The third-order valence-corrected chi connectivity index (χ3v) is 3.37. The lowest BCUT2D eigenvalue weighted by molar-refractivity contribution is -0.137. The Hall–Kier alpha value is -2.67. The molecular weight excluding hydrogens is 358 g/mol. The highest BCUT2D eigenvalue weighted by atomic mass is 35.5. The molecule has 0 unspecified atom stereocenters. The second-order valence-electron chi connectivity index (χ2n) is 4.71. The Labute approximate surface area is 147 Å². The van der Waals surface area contributed by atoms with Crippen LogP contribution in [0.4, 0.5) is 8.78 Å².